The average molecular weight is 278 g/mol. The number of ether oxygens (including phenoxy) is 1. The molecule has 104 valence electrons. The predicted octanol–water partition coefficient (Wildman–Crippen LogP) is 1.53. The van der Waals surface area contributed by atoms with Gasteiger partial charge in [0.05, 0.1) is 0 Å². The first-order valence-electron chi connectivity index (χ1n) is 6.01. The monoisotopic (exact) mass is 278 g/mol. The van der Waals surface area contributed by atoms with Crippen LogP contribution < -0.4 is 10.2 Å². The van der Waals surface area contributed by atoms with Crippen LogP contribution in [0.25, 0.3) is 0 Å². The largest absolute Gasteiger partial charge is 0.491 e. The van der Waals surface area contributed by atoms with Gasteiger partial charge in [-0.15, -0.1) is 0 Å². The van der Waals surface area contributed by atoms with E-state index in [0.717, 1.165) is 17.2 Å². The van der Waals surface area contributed by atoms with Gasteiger partial charge in [0.25, 0.3) is 0 Å². The van der Waals surface area contributed by atoms with Crippen LogP contribution in [0, 0.1) is 18.6 Å². The van der Waals surface area contributed by atoms with Crippen molar-refractivity contribution in [3.05, 3.63) is 59.2 Å². The normalized spacial score (nSPS) is 10.4. The van der Waals surface area contributed by atoms with Crippen LogP contribution in [0.3, 0.4) is 0 Å². The number of aryl methyl sites for hydroxylation is 1. The van der Waals surface area contributed by atoms with Gasteiger partial charge in [0.15, 0.2) is 0 Å². The molecule has 0 atom stereocenters. The molecule has 0 saturated heterocycles. The fourth-order valence-corrected chi connectivity index (χ4v) is 1.79. The third-order valence-corrected chi connectivity index (χ3v) is 2.95. The Morgan fingerprint density at radius 2 is 1.85 bits per heavy atom. The van der Waals surface area contributed by atoms with Gasteiger partial charge in [-0.05, 0) is 36.2 Å². The quantitative estimate of drug-likeness (QED) is 0.834. The SMILES string of the molecule is Cc1cc(F)ccc1COc1ccc(B(O)O)c(F)c1. The molecule has 0 bridgehead atoms. The molecule has 20 heavy (non-hydrogen) atoms. The molecule has 0 radical (unpaired) electrons. The maximum Gasteiger partial charge on any atom is 0.491 e. The van der Waals surface area contributed by atoms with Gasteiger partial charge >= 0.3 is 7.12 Å². The van der Waals surface area contributed by atoms with Crippen LogP contribution in [-0.2, 0) is 6.61 Å². The highest BCUT2D eigenvalue weighted by molar-refractivity contribution is 6.58. The van der Waals surface area contributed by atoms with Crippen LogP contribution >= 0.6 is 0 Å². The molecule has 0 fully saturated rings. The van der Waals surface area contributed by atoms with E-state index in [1.807, 2.05) is 0 Å². The lowest BCUT2D eigenvalue weighted by molar-refractivity contribution is 0.303. The lowest BCUT2D eigenvalue weighted by Gasteiger charge is -2.10. The first-order chi connectivity index (χ1) is 9.47. The Morgan fingerprint density at radius 3 is 2.45 bits per heavy atom. The molecule has 0 spiro atoms. The van der Waals surface area contributed by atoms with Crippen molar-refractivity contribution in [2.45, 2.75) is 13.5 Å². The Bertz CT molecular complexity index is 617. The highest BCUT2D eigenvalue weighted by Gasteiger charge is 2.16. The topological polar surface area (TPSA) is 49.7 Å². The molecule has 2 aromatic rings. The number of rotatable bonds is 4. The van der Waals surface area contributed by atoms with Crippen molar-refractivity contribution in [3.63, 3.8) is 0 Å². The summed E-state index contributed by atoms with van der Waals surface area (Å²) in [6.07, 6.45) is 0. The molecule has 0 aliphatic heterocycles. The van der Waals surface area contributed by atoms with E-state index in [4.69, 9.17) is 14.8 Å². The van der Waals surface area contributed by atoms with Crippen LogP contribution in [-0.4, -0.2) is 17.2 Å². The molecular formula is C14H13BF2O3. The zero-order chi connectivity index (χ0) is 14.7. The first-order valence-corrected chi connectivity index (χ1v) is 6.01. The molecule has 0 aliphatic carbocycles. The third kappa shape index (κ3) is 3.34. The van der Waals surface area contributed by atoms with E-state index >= 15 is 0 Å². The summed E-state index contributed by atoms with van der Waals surface area (Å²) < 4.78 is 31.9. The summed E-state index contributed by atoms with van der Waals surface area (Å²) in [5.74, 6) is -0.817. The maximum atomic E-state index is 13.5. The zero-order valence-corrected chi connectivity index (χ0v) is 10.8. The van der Waals surface area contributed by atoms with Crippen molar-refractivity contribution in [1.29, 1.82) is 0 Å². The van der Waals surface area contributed by atoms with Gasteiger partial charge in [-0.25, -0.2) is 8.78 Å². The van der Waals surface area contributed by atoms with Crippen molar-refractivity contribution in [2.75, 3.05) is 0 Å². The summed E-state index contributed by atoms with van der Waals surface area (Å²) in [6.45, 7) is 1.93. The molecule has 0 amide bonds. The third-order valence-electron chi connectivity index (χ3n) is 2.95. The highest BCUT2D eigenvalue weighted by atomic mass is 19.1. The molecule has 0 unspecified atom stereocenters. The molecule has 3 nitrogen and oxygen atoms in total. The second-order valence-corrected chi connectivity index (χ2v) is 4.42. The Labute approximate surface area is 115 Å². The van der Waals surface area contributed by atoms with Crippen LogP contribution in [0.1, 0.15) is 11.1 Å². The molecule has 0 aromatic heterocycles. The summed E-state index contributed by atoms with van der Waals surface area (Å²) >= 11 is 0. The summed E-state index contributed by atoms with van der Waals surface area (Å²) in [4.78, 5) is 0. The second kappa shape index (κ2) is 6.03. The minimum absolute atomic E-state index is 0.173. The second-order valence-electron chi connectivity index (χ2n) is 4.42. The number of halogens is 2. The summed E-state index contributed by atoms with van der Waals surface area (Å²) in [7, 11) is -1.86. The minimum Gasteiger partial charge on any atom is -0.489 e. The predicted molar refractivity (Wildman–Crippen MR) is 71.7 cm³/mol. The first kappa shape index (κ1) is 14.5. The van der Waals surface area contributed by atoms with E-state index in [1.54, 1.807) is 13.0 Å². The Kier molecular flexibility index (Phi) is 4.37. The summed E-state index contributed by atoms with van der Waals surface area (Å²) in [6, 6.07) is 8.09. The minimum atomic E-state index is -1.86. The van der Waals surface area contributed by atoms with E-state index in [-0.39, 0.29) is 23.6 Å². The summed E-state index contributed by atoms with van der Waals surface area (Å²) in [5, 5.41) is 17.8. The van der Waals surface area contributed by atoms with Crippen LogP contribution in [0.5, 0.6) is 5.75 Å². The lowest BCUT2D eigenvalue weighted by Crippen LogP contribution is -2.32. The van der Waals surface area contributed by atoms with Crippen molar-refractivity contribution < 1.29 is 23.6 Å². The molecule has 0 aliphatic rings. The standard InChI is InChI=1S/C14H13BF2O3/c1-9-6-11(16)3-2-10(9)8-20-12-4-5-13(15(18)19)14(17)7-12/h2-7,18-19H,8H2,1H3. The van der Waals surface area contributed by atoms with E-state index in [0.29, 0.717) is 0 Å². The summed E-state index contributed by atoms with van der Waals surface area (Å²) in [5.41, 5.74) is 1.32. The molecule has 2 aromatic carbocycles. The van der Waals surface area contributed by atoms with Gasteiger partial charge in [0.1, 0.15) is 24.0 Å². The fourth-order valence-electron chi connectivity index (χ4n) is 1.79. The van der Waals surface area contributed by atoms with E-state index in [9.17, 15) is 8.78 Å². The van der Waals surface area contributed by atoms with Crippen molar-refractivity contribution in [3.8, 4) is 5.75 Å². The van der Waals surface area contributed by atoms with Gasteiger partial charge in [0.2, 0.25) is 0 Å². The zero-order valence-electron chi connectivity index (χ0n) is 10.8. The molecule has 0 heterocycles. The van der Waals surface area contributed by atoms with Crippen molar-refractivity contribution in [1.82, 2.24) is 0 Å². The number of hydrogen-bond donors (Lipinski definition) is 2. The van der Waals surface area contributed by atoms with Gasteiger partial charge in [-0.1, -0.05) is 12.1 Å². The Balaban J connectivity index is 2.09. The maximum absolute atomic E-state index is 13.5. The molecule has 2 N–H and O–H groups in total. The number of benzene rings is 2. The van der Waals surface area contributed by atoms with Gasteiger partial charge in [-0.3, -0.25) is 0 Å². The van der Waals surface area contributed by atoms with E-state index in [2.05, 4.69) is 0 Å². The lowest BCUT2D eigenvalue weighted by atomic mass is 9.80. The number of hydrogen-bond acceptors (Lipinski definition) is 3. The van der Waals surface area contributed by atoms with Crippen LogP contribution in [0.2, 0.25) is 0 Å². The molecule has 0 saturated carbocycles. The molecule has 6 heteroatoms. The van der Waals surface area contributed by atoms with Crippen molar-refractivity contribution >= 4 is 12.6 Å². The highest BCUT2D eigenvalue weighted by Crippen LogP contribution is 2.16. The van der Waals surface area contributed by atoms with Crippen LogP contribution in [0.4, 0.5) is 8.78 Å². The van der Waals surface area contributed by atoms with E-state index < -0.39 is 12.9 Å². The van der Waals surface area contributed by atoms with Gasteiger partial charge in [0, 0.05) is 11.5 Å². The van der Waals surface area contributed by atoms with E-state index in [1.165, 1.54) is 24.3 Å². The molecule has 2 rings (SSSR count). The Morgan fingerprint density at radius 1 is 1.10 bits per heavy atom. The smallest absolute Gasteiger partial charge is 0.489 e. The van der Waals surface area contributed by atoms with Gasteiger partial charge in [-0.2, -0.15) is 0 Å². The van der Waals surface area contributed by atoms with Crippen LogP contribution in [0.15, 0.2) is 36.4 Å². The molecular weight excluding hydrogens is 265 g/mol. The van der Waals surface area contributed by atoms with Gasteiger partial charge < -0.3 is 14.8 Å². The Hall–Kier alpha value is -1.92. The average Bonchev–Trinajstić information content (AvgIpc) is 2.37. The van der Waals surface area contributed by atoms with Crippen molar-refractivity contribution in [2.24, 2.45) is 0 Å². The fraction of sp³-hybridized carbons (Fsp3) is 0.143.